The van der Waals surface area contributed by atoms with E-state index >= 15 is 0 Å². The van der Waals surface area contributed by atoms with E-state index in [1.165, 1.54) is 6.33 Å². The van der Waals surface area contributed by atoms with E-state index in [0.29, 0.717) is 30.3 Å². The van der Waals surface area contributed by atoms with Crippen LogP contribution in [0.5, 0.6) is 11.5 Å². The van der Waals surface area contributed by atoms with Crippen molar-refractivity contribution in [2.75, 3.05) is 18.5 Å². The molecule has 1 amide bonds. The Kier molecular flexibility index (Phi) is 3.81. The van der Waals surface area contributed by atoms with Crippen molar-refractivity contribution in [1.82, 2.24) is 9.97 Å². The van der Waals surface area contributed by atoms with Gasteiger partial charge in [-0.25, -0.2) is 9.97 Å². The van der Waals surface area contributed by atoms with Crippen LogP contribution in [-0.2, 0) is 0 Å². The maximum absolute atomic E-state index is 12.3. The van der Waals surface area contributed by atoms with Crippen molar-refractivity contribution in [3.8, 4) is 11.5 Å². The third kappa shape index (κ3) is 2.72. The van der Waals surface area contributed by atoms with E-state index in [4.69, 9.17) is 32.7 Å². The lowest BCUT2D eigenvalue weighted by atomic mass is 10.1. The molecule has 0 saturated carbocycles. The van der Waals surface area contributed by atoms with Gasteiger partial charge in [0.05, 0.1) is 5.56 Å². The average Bonchev–Trinajstić information content (AvgIpc) is 2.51. The van der Waals surface area contributed by atoms with Crippen LogP contribution in [0.2, 0.25) is 10.2 Å². The summed E-state index contributed by atoms with van der Waals surface area (Å²) in [6.45, 7) is 0.836. The molecule has 1 aliphatic heterocycles. The number of amides is 1. The summed E-state index contributed by atoms with van der Waals surface area (Å²) < 4.78 is 10.9. The Morgan fingerprint density at radius 1 is 1.19 bits per heavy atom. The fraction of sp³-hybridized carbons (Fsp3) is 0.154. The van der Waals surface area contributed by atoms with E-state index in [-0.39, 0.29) is 16.0 Å². The summed E-state index contributed by atoms with van der Waals surface area (Å²) in [5.41, 5.74) is 0.331. The van der Waals surface area contributed by atoms with E-state index < -0.39 is 5.91 Å². The van der Waals surface area contributed by atoms with Crippen LogP contribution in [0.4, 0.5) is 5.82 Å². The van der Waals surface area contributed by atoms with Gasteiger partial charge in [0, 0.05) is 0 Å². The number of para-hydroxylation sites is 1. The number of benzene rings is 1. The van der Waals surface area contributed by atoms with Crippen LogP contribution < -0.4 is 14.8 Å². The van der Waals surface area contributed by atoms with Crippen molar-refractivity contribution in [1.29, 1.82) is 0 Å². The lowest BCUT2D eigenvalue weighted by Gasteiger charge is -2.20. The van der Waals surface area contributed by atoms with Gasteiger partial charge in [-0.2, -0.15) is 0 Å². The van der Waals surface area contributed by atoms with Gasteiger partial charge in [-0.15, -0.1) is 0 Å². The molecule has 2 aromatic rings. The molecule has 6 nitrogen and oxygen atoms in total. The first-order valence-corrected chi connectivity index (χ1v) is 6.78. The van der Waals surface area contributed by atoms with Crippen LogP contribution in [0.1, 0.15) is 10.4 Å². The second-order valence-corrected chi connectivity index (χ2v) is 4.85. The van der Waals surface area contributed by atoms with Crippen molar-refractivity contribution >= 4 is 34.9 Å². The standard InChI is InChI=1S/C13H9Cl2N3O3/c14-9-11(15)16-6-17-12(9)18-13(19)7-2-1-3-8-10(7)21-5-4-20-8/h1-3,6H,4-5H2,(H,16,17,18,19). The number of anilines is 1. The largest absolute Gasteiger partial charge is 0.486 e. The normalized spacial score (nSPS) is 12.9. The molecule has 0 spiro atoms. The lowest BCUT2D eigenvalue weighted by molar-refractivity contribution is 0.101. The highest BCUT2D eigenvalue weighted by Gasteiger charge is 2.21. The summed E-state index contributed by atoms with van der Waals surface area (Å²) >= 11 is 11.7. The minimum absolute atomic E-state index is 0.0663. The summed E-state index contributed by atoms with van der Waals surface area (Å²) in [6, 6.07) is 5.07. The molecule has 1 aliphatic rings. The number of ether oxygens (including phenoxy) is 2. The van der Waals surface area contributed by atoms with Crippen LogP contribution >= 0.6 is 23.2 Å². The maximum Gasteiger partial charge on any atom is 0.260 e. The molecule has 108 valence electrons. The number of carbonyl (C=O) groups is 1. The predicted octanol–water partition coefficient (Wildman–Crippen LogP) is 2.81. The van der Waals surface area contributed by atoms with Crippen molar-refractivity contribution in [2.24, 2.45) is 0 Å². The molecule has 0 radical (unpaired) electrons. The van der Waals surface area contributed by atoms with Crippen LogP contribution in [0.3, 0.4) is 0 Å². The third-order valence-corrected chi connectivity index (χ3v) is 3.53. The van der Waals surface area contributed by atoms with E-state index in [1.54, 1.807) is 18.2 Å². The second-order valence-electron chi connectivity index (χ2n) is 4.11. The number of aromatic nitrogens is 2. The van der Waals surface area contributed by atoms with Gasteiger partial charge in [-0.1, -0.05) is 29.3 Å². The zero-order valence-electron chi connectivity index (χ0n) is 10.6. The molecule has 2 heterocycles. The lowest BCUT2D eigenvalue weighted by Crippen LogP contribution is -2.20. The van der Waals surface area contributed by atoms with Gasteiger partial charge < -0.3 is 14.8 Å². The number of rotatable bonds is 2. The molecular weight excluding hydrogens is 317 g/mol. The fourth-order valence-corrected chi connectivity index (χ4v) is 2.14. The zero-order chi connectivity index (χ0) is 14.8. The molecule has 3 rings (SSSR count). The van der Waals surface area contributed by atoms with Crippen molar-refractivity contribution in [2.45, 2.75) is 0 Å². The SMILES string of the molecule is O=C(Nc1ncnc(Cl)c1Cl)c1cccc2c1OCCO2. The minimum atomic E-state index is -0.422. The molecule has 0 saturated heterocycles. The number of halogens is 2. The van der Waals surface area contributed by atoms with E-state index in [1.807, 2.05) is 0 Å². The smallest absolute Gasteiger partial charge is 0.260 e. The Hall–Kier alpha value is -2.05. The molecule has 0 bridgehead atoms. The van der Waals surface area contributed by atoms with Crippen molar-refractivity contribution < 1.29 is 14.3 Å². The predicted molar refractivity (Wildman–Crippen MR) is 77.4 cm³/mol. The summed E-state index contributed by atoms with van der Waals surface area (Å²) in [7, 11) is 0. The number of hydrogen-bond donors (Lipinski definition) is 1. The summed E-state index contributed by atoms with van der Waals surface area (Å²) in [5, 5.41) is 2.72. The molecule has 1 aromatic heterocycles. The highest BCUT2D eigenvalue weighted by Crippen LogP contribution is 2.34. The van der Waals surface area contributed by atoms with Gasteiger partial charge in [0.15, 0.2) is 22.5 Å². The first-order chi connectivity index (χ1) is 10.2. The molecule has 8 heteroatoms. The Morgan fingerprint density at radius 2 is 2.00 bits per heavy atom. The third-order valence-electron chi connectivity index (χ3n) is 2.79. The van der Waals surface area contributed by atoms with Gasteiger partial charge in [-0.05, 0) is 12.1 Å². The molecule has 0 atom stereocenters. The van der Waals surface area contributed by atoms with Gasteiger partial charge >= 0.3 is 0 Å². The number of nitrogens with one attached hydrogen (secondary N) is 1. The first kappa shape index (κ1) is 13.9. The maximum atomic E-state index is 12.3. The van der Waals surface area contributed by atoms with Crippen LogP contribution in [-0.4, -0.2) is 29.1 Å². The minimum Gasteiger partial charge on any atom is -0.486 e. The molecule has 1 N–H and O–H groups in total. The van der Waals surface area contributed by atoms with Crippen LogP contribution in [0, 0.1) is 0 Å². The summed E-state index contributed by atoms with van der Waals surface area (Å²) in [5.74, 6) is 0.642. The highest BCUT2D eigenvalue weighted by molar-refractivity contribution is 6.43. The Bertz CT molecular complexity index is 709. The number of fused-ring (bicyclic) bond motifs is 1. The molecule has 21 heavy (non-hydrogen) atoms. The summed E-state index contributed by atoms with van der Waals surface area (Å²) in [6.07, 6.45) is 1.21. The second kappa shape index (κ2) is 5.75. The topological polar surface area (TPSA) is 73.3 Å². The zero-order valence-corrected chi connectivity index (χ0v) is 12.1. The first-order valence-electron chi connectivity index (χ1n) is 6.03. The Morgan fingerprint density at radius 3 is 2.86 bits per heavy atom. The summed E-state index contributed by atoms with van der Waals surface area (Å²) in [4.78, 5) is 19.9. The quantitative estimate of drug-likeness (QED) is 0.859. The van der Waals surface area contributed by atoms with Gasteiger partial charge in [-0.3, -0.25) is 4.79 Å². The number of hydrogen-bond acceptors (Lipinski definition) is 5. The van der Waals surface area contributed by atoms with E-state index in [2.05, 4.69) is 15.3 Å². The van der Waals surface area contributed by atoms with Crippen LogP contribution in [0.15, 0.2) is 24.5 Å². The number of nitrogens with zero attached hydrogens (tertiary/aromatic N) is 2. The van der Waals surface area contributed by atoms with E-state index in [9.17, 15) is 4.79 Å². The molecule has 0 fully saturated rings. The fourth-order valence-electron chi connectivity index (χ4n) is 1.86. The molecular formula is C13H9Cl2N3O3. The van der Waals surface area contributed by atoms with Gasteiger partial charge in [0.1, 0.15) is 24.6 Å². The van der Waals surface area contributed by atoms with Gasteiger partial charge in [0.25, 0.3) is 5.91 Å². The highest BCUT2D eigenvalue weighted by atomic mass is 35.5. The Balaban J connectivity index is 1.91. The number of carbonyl (C=O) groups excluding carboxylic acids is 1. The molecule has 1 aromatic carbocycles. The van der Waals surface area contributed by atoms with Crippen LogP contribution in [0.25, 0.3) is 0 Å². The van der Waals surface area contributed by atoms with Gasteiger partial charge in [0.2, 0.25) is 0 Å². The Labute approximate surface area is 130 Å². The molecule has 0 aliphatic carbocycles. The monoisotopic (exact) mass is 325 g/mol. The molecule has 0 unspecified atom stereocenters. The van der Waals surface area contributed by atoms with E-state index in [0.717, 1.165) is 0 Å². The van der Waals surface area contributed by atoms with Crippen molar-refractivity contribution in [3.63, 3.8) is 0 Å². The average molecular weight is 326 g/mol. The van der Waals surface area contributed by atoms with Crippen molar-refractivity contribution in [3.05, 3.63) is 40.3 Å².